The first-order chi connectivity index (χ1) is 10.9. The fourth-order valence-corrected chi connectivity index (χ4v) is 3.48. The lowest BCUT2D eigenvalue weighted by molar-refractivity contribution is 0.0596. The molecule has 2 rings (SSSR count). The van der Waals surface area contributed by atoms with Crippen molar-refractivity contribution in [3.8, 4) is 5.75 Å². The fraction of sp³-hybridized carbons (Fsp3) is 0.133. The second-order valence-corrected chi connectivity index (χ2v) is 6.70. The van der Waals surface area contributed by atoms with Crippen LogP contribution in [0.4, 0.5) is 5.69 Å². The van der Waals surface area contributed by atoms with Crippen molar-refractivity contribution in [1.82, 2.24) is 0 Å². The Balaban J connectivity index is 2.47. The molecule has 0 aliphatic rings. The number of sulfonamides is 1. The average Bonchev–Trinajstić information content (AvgIpc) is 2.60. The van der Waals surface area contributed by atoms with Crippen molar-refractivity contribution in [3.05, 3.63) is 54.1 Å². The summed E-state index contributed by atoms with van der Waals surface area (Å²) in [4.78, 5) is 11.5. The van der Waals surface area contributed by atoms with Gasteiger partial charge >= 0.3 is 5.97 Å². The van der Waals surface area contributed by atoms with Gasteiger partial charge < -0.3 is 9.47 Å². The number of rotatable bonds is 5. The molecule has 6 nitrogen and oxygen atoms in total. The Labute approximate surface area is 139 Å². The quantitative estimate of drug-likeness (QED) is 0.609. The van der Waals surface area contributed by atoms with Crippen LogP contribution in [0.2, 0.25) is 0 Å². The highest BCUT2D eigenvalue weighted by molar-refractivity contribution is 7.94. The third-order valence-electron chi connectivity index (χ3n) is 3.06. The predicted molar refractivity (Wildman–Crippen MR) is 86.3 cm³/mol. The van der Waals surface area contributed by atoms with E-state index in [0.29, 0.717) is 9.57 Å². The molecule has 0 aliphatic carbocycles. The van der Waals surface area contributed by atoms with Gasteiger partial charge in [0.05, 0.1) is 25.5 Å². The topological polar surface area (TPSA) is 72.9 Å². The minimum absolute atomic E-state index is 0.0887. The third kappa shape index (κ3) is 3.40. The molecule has 0 fully saturated rings. The van der Waals surface area contributed by atoms with Crippen molar-refractivity contribution >= 4 is 33.5 Å². The molecule has 0 aromatic heterocycles. The molecule has 0 saturated heterocycles. The second-order valence-electron chi connectivity index (χ2n) is 4.41. The molecule has 0 atom stereocenters. The average molecular weight is 356 g/mol. The molecule has 0 spiro atoms. The molecular weight excluding hydrogens is 342 g/mol. The number of anilines is 1. The number of methoxy groups -OCH3 is 2. The Morgan fingerprint density at radius 1 is 1.04 bits per heavy atom. The summed E-state index contributed by atoms with van der Waals surface area (Å²) in [6.45, 7) is 0. The van der Waals surface area contributed by atoms with Crippen LogP contribution in [0.15, 0.2) is 53.4 Å². The molecule has 23 heavy (non-hydrogen) atoms. The van der Waals surface area contributed by atoms with E-state index in [1.807, 2.05) is 0 Å². The number of hydrogen-bond donors (Lipinski definition) is 0. The van der Waals surface area contributed by atoms with Gasteiger partial charge in [-0.05, 0) is 36.4 Å². The molecule has 8 heteroatoms. The van der Waals surface area contributed by atoms with Crippen LogP contribution in [-0.2, 0) is 14.8 Å². The largest absolute Gasteiger partial charge is 0.497 e. The summed E-state index contributed by atoms with van der Waals surface area (Å²) in [5, 5.41) is 0. The van der Waals surface area contributed by atoms with E-state index in [4.69, 9.17) is 16.5 Å². The summed E-state index contributed by atoms with van der Waals surface area (Å²) in [6.07, 6.45) is 0. The Morgan fingerprint density at radius 3 is 2.22 bits per heavy atom. The molecule has 0 N–H and O–H groups in total. The number of esters is 1. The Bertz CT molecular complexity index is 805. The normalized spacial score (nSPS) is 10.9. The number of ether oxygens (including phenoxy) is 2. The molecule has 0 aliphatic heterocycles. The van der Waals surface area contributed by atoms with Gasteiger partial charge in [0.2, 0.25) is 0 Å². The highest BCUT2D eigenvalue weighted by Crippen LogP contribution is 2.29. The lowest BCUT2D eigenvalue weighted by Gasteiger charge is -2.18. The van der Waals surface area contributed by atoms with Gasteiger partial charge in [-0.2, -0.15) is 12.2 Å². The molecular formula is C15H14ClNO5S. The zero-order valence-electron chi connectivity index (χ0n) is 12.4. The van der Waals surface area contributed by atoms with Gasteiger partial charge in [0.25, 0.3) is 10.0 Å². The van der Waals surface area contributed by atoms with Crippen LogP contribution >= 0.6 is 11.8 Å². The minimum Gasteiger partial charge on any atom is -0.497 e. The molecule has 0 saturated carbocycles. The number of hydrogen-bond acceptors (Lipinski definition) is 5. The summed E-state index contributed by atoms with van der Waals surface area (Å²) < 4.78 is 35.6. The lowest BCUT2D eigenvalue weighted by Crippen LogP contribution is -2.23. The Hall–Kier alpha value is -2.25. The number of nitrogens with zero attached hydrogens (tertiary/aromatic N) is 1. The van der Waals surface area contributed by atoms with E-state index >= 15 is 0 Å². The maximum atomic E-state index is 12.7. The lowest BCUT2D eigenvalue weighted by atomic mass is 10.2. The highest BCUT2D eigenvalue weighted by atomic mass is 35.5. The van der Waals surface area contributed by atoms with E-state index in [2.05, 4.69) is 4.74 Å². The molecule has 0 bridgehead atoms. The van der Waals surface area contributed by atoms with Crippen LogP contribution in [0.1, 0.15) is 10.4 Å². The van der Waals surface area contributed by atoms with Crippen LogP contribution in [0.5, 0.6) is 5.75 Å². The fourth-order valence-electron chi connectivity index (χ4n) is 1.89. The second kappa shape index (κ2) is 6.89. The molecule has 122 valence electrons. The molecule has 0 amide bonds. The van der Waals surface area contributed by atoms with Crippen molar-refractivity contribution < 1.29 is 22.7 Å². The van der Waals surface area contributed by atoms with Gasteiger partial charge in [0.1, 0.15) is 10.6 Å². The van der Waals surface area contributed by atoms with E-state index in [9.17, 15) is 13.2 Å². The van der Waals surface area contributed by atoms with E-state index < -0.39 is 16.0 Å². The molecule has 0 unspecified atom stereocenters. The smallest absolute Gasteiger partial charge is 0.339 e. The number of halogens is 1. The monoisotopic (exact) mass is 355 g/mol. The van der Waals surface area contributed by atoms with Crippen LogP contribution in [-0.4, -0.2) is 28.6 Å². The number of benzene rings is 2. The first-order valence-corrected chi connectivity index (χ1v) is 8.22. The maximum absolute atomic E-state index is 12.7. The van der Waals surface area contributed by atoms with E-state index in [1.165, 1.54) is 50.6 Å². The van der Waals surface area contributed by atoms with Crippen LogP contribution in [0.25, 0.3) is 0 Å². The first kappa shape index (κ1) is 17.1. The van der Waals surface area contributed by atoms with Gasteiger partial charge in [-0.25, -0.2) is 4.79 Å². The van der Waals surface area contributed by atoms with Gasteiger partial charge in [-0.3, -0.25) is 0 Å². The zero-order valence-corrected chi connectivity index (χ0v) is 14.0. The van der Waals surface area contributed by atoms with Gasteiger partial charge in [0, 0.05) is 11.8 Å². The summed E-state index contributed by atoms with van der Waals surface area (Å²) in [5.41, 5.74) is 0.126. The number of carbonyl (C=O) groups is 1. The first-order valence-electron chi connectivity index (χ1n) is 6.44. The van der Waals surface area contributed by atoms with Gasteiger partial charge in [-0.15, -0.1) is 0 Å². The third-order valence-corrected chi connectivity index (χ3v) is 5.34. The van der Waals surface area contributed by atoms with Crippen molar-refractivity contribution in [2.45, 2.75) is 4.90 Å². The van der Waals surface area contributed by atoms with Crippen LogP contribution in [0, 0.1) is 0 Å². The molecule has 0 radical (unpaired) electrons. The zero-order chi connectivity index (χ0) is 17.0. The minimum atomic E-state index is -4.14. The molecule has 0 heterocycles. The molecule has 2 aromatic carbocycles. The summed E-state index contributed by atoms with van der Waals surface area (Å²) in [7, 11) is -1.47. The SMILES string of the molecule is COC(=O)c1ccccc1S(=O)(=O)N(Cl)c1ccc(OC)cc1. The van der Waals surface area contributed by atoms with E-state index in [1.54, 1.807) is 12.1 Å². The summed E-state index contributed by atoms with van der Waals surface area (Å²) >= 11 is 6.00. The van der Waals surface area contributed by atoms with E-state index in [-0.39, 0.29) is 16.1 Å². The van der Waals surface area contributed by atoms with Crippen molar-refractivity contribution in [1.29, 1.82) is 0 Å². The standard InChI is InChI=1S/C15H14ClNO5S/c1-21-12-9-7-11(8-10-12)17(16)23(19,20)14-6-4-3-5-13(14)15(18)22-2/h3-10H,1-2H3. The van der Waals surface area contributed by atoms with E-state index in [0.717, 1.165) is 0 Å². The van der Waals surface area contributed by atoms with Crippen molar-refractivity contribution in [3.63, 3.8) is 0 Å². The summed E-state index contributed by atoms with van der Waals surface area (Å²) in [6, 6.07) is 11.8. The van der Waals surface area contributed by atoms with Gasteiger partial charge in [0.15, 0.2) is 0 Å². The van der Waals surface area contributed by atoms with Crippen LogP contribution < -0.4 is 8.56 Å². The van der Waals surface area contributed by atoms with Gasteiger partial charge in [-0.1, -0.05) is 12.1 Å². The Kier molecular flexibility index (Phi) is 5.12. The van der Waals surface area contributed by atoms with Crippen molar-refractivity contribution in [2.24, 2.45) is 0 Å². The number of carbonyl (C=O) groups excluding carboxylic acids is 1. The molecule has 2 aromatic rings. The summed E-state index contributed by atoms with van der Waals surface area (Å²) in [5.74, 6) is -0.199. The highest BCUT2D eigenvalue weighted by Gasteiger charge is 2.28. The van der Waals surface area contributed by atoms with Crippen molar-refractivity contribution in [2.75, 3.05) is 18.0 Å². The Morgan fingerprint density at radius 2 is 1.65 bits per heavy atom. The predicted octanol–water partition coefficient (Wildman–Crippen LogP) is 2.83. The maximum Gasteiger partial charge on any atom is 0.339 e. The van der Waals surface area contributed by atoms with Crippen LogP contribution in [0.3, 0.4) is 0 Å².